The van der Waals surface area contributed by atoms with Crippen LogP contribution in [-0.4, -0.2) is 43.9 Å². The Hall–Kier alpha value is -1.59. The molecule has 1 unspecified atom stereocenters. The summed E-state index contributed by atoms with van der Waals surface area (Å²) in [6.07, 6.45) is -0.187. The van der Waals surface area contributed by atoms with Crippen molar-refractivity contribution in [3.63, 3.8) is 0 Å². The molecule has 0 aliphatic rings. The number of ether oxygens (including phenoxy) is 1. The van der Waals surface area contributed by atoms with E-state index in [0.717, 1.165) is 5.75 Å². The van der Waals surface area contributed by atoms with Gasteiger partial charge in [0.2, 0.25) is 5.91 Å². The second-order valence-electron chi connectivity index (χ2n) is 4.41. The fraction of sp³-hybridized carbons (Fsp3) is 0.500. The number of carbonyl (C=O) groups is 1. The SMILES string of the molecule is CNC(=O)CCNCC(O)COc1ccc(C)cc1. The fourth-order valence-electron chi connectivity index (χ4n) is 1.48. The highest BCUT2D eigenvalue weighted by atomic mass is 16.5. The molecule has 5 heteroatoms. The number of carbonyl (C=O) groups excluding carboxylic acids is 1. The Morgan fingerprint density at radius 3 is 2.68 bits per heavy atom. The van der Waals surface area contributed by atoms with Crippen molar-refractivity contribution in [2.24, 2.45) is 0 Å². The Labute approximate surface area is 114 Å². The van der Waals surface area contributed by atoms with Crippen molar-refractivity contribution in [3.05, 3.63) is 29.8 Å². The molecule has 1 aromatic rings. The summed E-state index contributed by atoms with van der Waals surface area (Å²) >= 11 is 0. The van der Waals surface area contributed by atoms with Crippen LogP contribution in [-0.2, 0) is 4.79 Å². The molecule has 0 aromatic heterocycles. The van der Waals surface area contributed by atoms with Crippen LogP contribution in [0.4, 0.5) is 0 Å². The van der Waals surface area contributed by atoms with E-state index in [1.54, 1.807) is 7.05 Å². The van der Waals surface area contributed by atoms with E-state index in [1.807, 2.05) is 31.2 Å². The Morgan fingerprint density at radius 1 is 1.37 bits per heavy atom. The first kappa shape index (κ1) is 15.5. The maximum Gasteiger partial charge on any atom is 0.221 e. The number of hydrogen-bond donors (Lipinski definition) is 3. The largest absolute Gasteiger partial charge is 0.491 e. The molecule has 1 aromatic carbocycles. The molecular weight excluding hydrogens is 244 g/mol. The van der Waals surface area contributed by atoms with Crippen molar-refractivity contribution in [1.29, 1.82) is 0 Å². The maximum absolute atomic E-state index is 11.0. The summed E-state index contributed by atoms with van der Waals surface area (Å²) < 4.78 is 5.45. The minimum Gasteiger partial charge on any atom is -0.491 e. The molecule has 0 saturated heterocycles. The van der Waals surface area contributed by atoms with Gasteiger partial charge in [-0.3, -0.25) is 4.79 Å². The van der Waals surface area contributed by atoms with E-state index in [4.69, 9.17) is 4.74 Å². The third-order valence-corrected chi connectivity index (χ3v) is 2.65. The molecule has 1 amide bonds. The minimum absolute atomic E-state index is 0.0158. The van der Waals surface area contributed by atoms with Gasteiger partial charge in [0.25, 0.3) is 0 Å². The van der Waals surface area contributed by atoms with Crippen LogP contribution in [0, 0.1) is 6.92 Å². The molecule has 0 fully saturated rings. The molecule has 5 nitrogen and oxygen atoms in total. The van der Waals surface area contributed by atoms with Crippen molar-refractivity contribution in [3.8, 4) is 5.75 Å². The summed E-state index contributed by atoms with van der Waals surface area (Å²) in [6.45, 7) is 3.19. The molecule has 1 rings (SSSR count). The first-order valence-electron chi connectivity index (χ1n) is 6.40. The van der Waals surface area contributed by atoms with E-state index in [-0.39, 0.29) is 12.5 Å². The second-order valence-corrected chi connectivity index (χ2v) is 4.41. The first-order chi connectivity index (χ1) is 9.11. The predicted octanol–water partition coefficient (Wildman–Crippen LogP) is 0.460. The average Bonchev–Trinajstić information content (AvgIpc) is 2.42. The van der Waals surface area contributed by atoms with Gasteiger partial charge in [-0.25, -0.2) is 0 Å². The number of amides is 1. The van der Waals surface area contributed by atoms with Gasteiger partial charge in [-0.2, -0.15) is 0 Å². The van der Waals surface area contributed by atoms with Gasteiger partial charge in [-0.1, -0.05) is 17.7 Å². The van der Waals surface area contributed by atoms with Gasteiger partial charge in [-0.05, 0) is 19.1 Å². The highest BCUT2D eigenvalue weighted by Gasteiger charge is 2.05. The Morgan fingerprint density at radius 2 is 2.05 bits per heavy atom. The third-order valence-electron chi connectivity index (χ3n) is 2.65. The zero-order valence-electron chi connectivity index (χ0n) is 11.5. The number of benzene rings is 1. The quantitative estimate of drug-likeness (QED) is 0.598. The molecule has 1 atom stereocenters. The van der Waals surface area contributed by atoms with Crippen LogP contribution in [0.15, 0.2) is 24.3 Å². The van der Waals surface area contributed by atoms with Crippen molar-refractivity contribution >= 4 is 5.91 Å². The zero-order valence-corrected chi connectivity index (χ0v) is 11.5. The average molecular weight is 266 g/mol. The highest BCUT2D eigenvalue weighted by molar-refractivity contribution is 5.75. The lowest BCUT2D eigenvalue weighted by atomic mass is 10.2. The number of nitrogens with one attached hydrogen (secondary N) is 2. The van der Waals surface area contributed by atoms with E-state index in [1.165, 1.54) is 5.56 Å². The summed E-state index contributed by atoms with van der Waals surface area (Å²) in [4.78, 5) is 11.0. The second kappa shape index (κ2) is 8.50. The third kappa shape index (κ3) is 6.79. The topological polar surface area (TPSA) is 70.6 Å². The molecule has 0 saturated carbocycles. The van der Waals surface area contributed by atoms with E-state index in [0.29, 0.717) is 19.5 Å². The lowest BCUT2D eigenvalue weighted by Crippen LogP contribution is -2.33. The van der Waals surface area contributed by atoms with Gasteiger partial charge < -0.3 is 20.5 Å². The standard InChI is InChI=1S/C14H22N2O3/c1-11-3-5-13(6-4-11)19-10-12(17)9-16-8-7-14(18)15-2/h3-6,12,16-17H,7-10H2,1-2H3,(H,15,18). The molecule has 3 N–H and O–H groups in total. The zero-order chi connectivity index (χ0) is 14.1. The summed E-state index contributed by atoms with van der Waals surface area (Å²) in [5.74, 6) is 0.730. The normalized spacial score (nSPS) is 11.9. The lowest BCUT2D eigenvalue weighted by Gasteiger charge is -2.13. The van der Waals surface area contributed by atoms with Crippen LogP contribution in [0.3, 0.4) is 0 Å². The molecule has 0 heterocycles. The number of hydrogen-bond acceptors (Lipinski definition) is 4. The van der Waals surface area contributed by atoms with Crippen LogP contribution >= 0.6 is 0 Å². The van der Waals surface area contributed by atoms with Gasteiger partial charge in [0.1, 0.15) is 18.5 Å². The molecule has 0 radical (unpaired) electrons. The van der Waals surface area contributed by atoms with Crippen molar-refractivity contribution in [2.45, 2.75) is 19.4 Å². The molecular formula is C14H22N2O3. The van der Waals surface area contributed by atoms with E-state index < -0.39 is 6.10 Å². The number of rotatable bonds is 8. The van der Waals surface area contributed by atoms with Crippen molar-refractivity contribution in [1.82, 2.24) is 10.6 Å². The van der Waals surface area contributed by atoms with Gasteiger partial charge in [0.05, 0.1) is 0 Å². The van der Waals surface area contributed by atoms with Crippen LogP contribution in [0.1, 0.15) is 12.0 Å². The fourth-order valence-corrected chi connectivity index (χ4v) is 1.48. The monoisotopic (exact) mass is 266 g/mol. The van der Waals surface area contributed by atoms with Gasteiger partial charge in [0.15, 0.2) is 0 Å². The van der Waals surface area contributed by atoms with Crippen LogP contribution in [0.25, 0.3) is 0 Å². The summed E-state index contributed by atoms with van der Waals surface area (Å²) in [5, 5.41) is 15.2. The van der Waals surface area contributed by atoms with Crippen molar-refractivity contribution in [2.75, 3.05) is 26.7 Å². The van der Waals surface area contributed by atoms with Crippen molar-refractivity contribution < 1.29 is 14.6 Å². The van der Waals surface area contributed by atoms with E-state index >= 15 is 0 Å². The predicted molar refractivity (Wildman–Crippen MR) is 74.2 cm³/mol. The van der Waals surface area contributed by atoms with E-state index in [9.17, 15) is 9.90 Å². The summed E-state index contributed by atoms with van der Waals surface area (Å²) in [5.41, 5.74) is 1.17. The van der Waals surface area contributed by atoms with Crippen LogP contribution in [0.2, 0.25) is 0 Å². The molecule has 19 heavy (non-hydrogen) atoms. The molecule has 0 spiro atoms. The molecule has 0 aliphatic heterocycles. The molecule has 0 aliphatic carbocycles. The summed E-state index contributed by atoms with van der Waals surface area (Å²) in [6, 6.07) is 7.68. The Bertz CT molecular complexity index is 379. The maximum atomic E-state index is 11.0. The van der Waals surface area contributed by atoms with Crippen LogP contribution < -0.4 is 15.4 Å². The molecule has 106 valence electrons. The van der Waals surface area contributed by atoms with Gasteiger partial charge in [0, 0.05) is 26.6 Å². The molecule has 0 bridgehead atoms. The Balaban J connectivity index is 2.12. The summed E-state index contributed by atoms with van der Waals surface area (Å²) in [7, 11) is 1.60. The smallest absolute Gasteiger partial charge is 0.221 e. The number of aliphatic hydroxyl groups excluding tert-OH is 1. The first-order valence-corrected chi connectivity index (χ1v) is 6.40. The lowest BCUT2D eigenvalue weighted by molar-refractivity contribution is -0.120. The minimum atomic E-state index is -0.592. The number of aryl methyl sites for hydroxylation is 1. The van der Waals surface area contributed by atoms with Gasteiger partial charge in [-0.15, -0.1) is 0 Å². The van der Waals surface area contributed by atoms with Gasteiger partial charge >= 0.3 is 0 Å². The Kier molecular flexibility index (Phi) is 6.92. The van der Waals surface area contributed by atoms with E-state index in [2.05, 4.69) is 10.6 Å². The highest BCUT2D eigenvalue weighted by Crippen LogP contribution is 2.11. The number of aliphatic hydroxyl groups is 1. The van der Waals surface area contributed by atoms with Crippen LogP contribution in [0.5, 0.6) is 5.75 Å².